The van der Waals surface area contributed by atoms with E-state index in [4.69, 9.17) is 0 Å². The topological polar surface area (TPSA) is 61.4 Å². The second kappa shape index (κ2) is 8.67. The van der Waals surface area contributed by atoms with Gasteiger partial charge in [0.15, 0.2) is 0 Å². The Morgan fingerprint density at radius 3 is 2.78 bits per heavy atom. The van der Waals surface area contributed by atoms with Gasteiger partial charge in [0.1, 0.15) is 0 Å². The average Bonchev–Trinajstić information content (AvgIpc) is 2.51. The lowest BCUT2D eigenvalue weighted by Gasteiger charge is -2.34. The molecular formula is C18H27N3O2. The Labute approximate surface area is 138 Å². The van der Waals surface area contributed by atoms with Gasteiger partial charge in [-0.25, -0.2) is 0 Å². The summed E-state index contributed by atoms with van der Waals surface area (Å²) in [5.41, 5.74) is 1.31. The minimum Gasteiger partial charge on any atom is -0.354 e. The summed E-state index contributed by atoms with van der Waals surface area (Å²) in [7, 11) is 0. The van der Waals surface area contributed by atoms with Crippen LogP contribution in [0.15, 0.2) is 30.3 Å². The Balaban J connectivity index is 1.86. The van der Waals surface area contributed by atoms with Crippen molar-refractivity contribution in [2.75, 3.05) is 19.6 Å². The third-order valence-corrected chi connectivity index (χ3v) is 4.02. The van der Waals surface area contributed by atoms with Crippen LogP contribution >= 0.6 is 0 Å². The molecule has 0 saturated carbocycles. The number of piperazine rings is 1. The Morgan fingerprint density at radius 1 is 1.35 bits per heavy atom. The highest BCUT2D eigenvalue weighted by atomic mass is 16.2. The highest BCUT2D eigenvalue weighted by Crippen LogP contribution is 2.11. The van der Waals surface area contributed by atoms with Crippen molar-refractivity contribution in [1.82, 2.24) is 15.5 Å². The summed E-state index contributed by atoms with van der Waals surface area (Å²) in [4.78, 5) is 26.3. The van der Waals surface area contributed by atoms with Crippen molar-refractivity contribution in [1.29, 1.82) is 0 Å². The van der Waals surface area contributed by atoms with E-state index in [-0.39, 0.29) is 30.3 Å². The molecule has 2 rings (SSSR count). The summed E-state index contributed by atoms with van der Waals surface area (Å²) in [6.45, 7) is 6.15. The van der Waals surface area contributed by atoms with Gasteiger partial charge in [0, 0.05) is 19.1 Å². The minimum absolute atomic E-state index is 0.0325. The average molecular weight is 317 g/mol. The second-order valence-electron chi connectivity index (χ2n) is 6.36. The first kappa shape index (κ1) is 17.5. The van der Waals surface area contributed by atoms with Crippen molar-refractivity contribution in [3.05, 3.63) is 35.9 Å². The predicted octanol–water partition coefficient (Wildman–Crippen LogP) is 1.33. The van der Waals surface area contributed by atoms with Crippen molar-refractivity contribution in [2.45, 2.75) is 45.2 Å². The van der Waals surface area contributed by atoms with Crippen molar-refractivity contribution < 1.29 is 9.59 Å². The molecule has 0 unspecified atom stereocenters. The largest absolute Gasteiger partial charge is 0.354 e. The van der Waals surface area contributed by atoms with Gasteiger partial charge in [0.05, 0.1) is 12.5 Å². The quantitative estimate of drug-likeness (QED) is 0.798. The van der Waals surface area contributed by atoms with Gasteiger partial charge in [-0.2, -0.15) is 0 Å². The van der Waals surface area contributed by atoms with Crippen LogP contribution in [0.4, 0.5) is 0 Å². The molecule has 1 fully saturated rings. The van der Waals surface area contributed by atoms with Gasteiger partial charge in [-0.05, 0) is 38.8 Å². The van der Waals surface area contributed by atoms with Gasteiger partial charge in [-0.15, -0.1) is 0 Å². The molecule has 1 aliphatic heterocycles. The molecule has 0 radical (unpaired) electrons. The van der Waals surface area contributed by atoms with E-state index in [9.17, 15) is 9.59 Å². The number of carbonyl (C=O) groups is 2. The number of nitrogens with zero attached hydrogens (tertiary/aromatic N) is 1. The number of hydrogen-bond donors (Lipinski definition) is 2. The zero-order valence-corrected chi connectivity index (χ0v) is 14.0. The summed E-state index contributed by atoms with van der Waals surface area (Å²) in [5.74, 6) is -0.0926. The third-order valence-electron chi connectivity index (χ3n) is 4.02. The zero-order chi connectivity index (χ0) is 16.7. The molecule has 5 nitrogen and oxygen atoms in total. The lowest BCUT2D eigenvalue weighted by molar-refractivity contribution is -0.134. The fourth-order valence-corrected chi connectivity index (χ4v) is 2.94. The third kappa shape index (κ3) is 5.67. The fraction of sp³-hybridized carbons (Fsp3) is 0.556. The molecule has 0 bridgehead atoms. The lowest BCUT2D eigenvalue weighted by Crippen LogP contribution is -2.56. The highest BCUT2D eigenvalue weighted by molar-refractivity contribution is 5.88. The first-order valence-electron chi connectivity index (χ1n) is 8.41. The van der Waals surface area contributed by atoms with Crippen molar-refractivity contribution in [3.8, 4) is 0 Å². The van der Waals surface area contributed by atoms with E-state index in [0.717, 1.165) is 25.9 Å². The van der Waals surface area contributed by atoms with Crippen molar-refractivity contribution >= 4 is 11.8 Å². The highest BCUT2D eigenvalue weighted by Gasteiger charge is 2.31. The predicted molar refractivity (Wildman–Crippen MR) is 91.0 cm³/mol. The minimum atomic E-state index is -0.349. The number of hydrogen-bond acceptors (Lipinski definition) is 3. The van der Waals surface area contributed by atoms with Crippen LogP contribution in [0.3, 0.4) is 0 Å². The summed E-state index contributed by atoms with van der Waals surface area (Å²) in [6.07, 6.45) is 2.21. The van der Waals surface area contributed by atoms with E-state index in [1.165, 1.54) is 5.56 Å². The van der Waals surface area contributed by atoms with Gasteiger partial charge in [0.25, 0.3) is 0 Å². The molecule has 1 atom stereocenters. The number of carbonyl (C=O) groups excluding carboxylic acids is 2. The summed E-state index contributed by atoms with van der Waals surface area (Å²) < 4.78 is 0. The van der Waals surface area contributed by atoms with Crippen molar-refractivity contribution in [2.24, 2.45) is 0 Å². The maximum atomic E-state index is 12.1. The molecule has 2 N–H and O–H groups in total. The number of amides is 2. The van der Waals surface area contributed by atoms with Gasteiger partial charge in [-0.1, -0.05) is 30.3 Å². The van der Waals surface area contributed by atoms with Crippen LogP contribution in [-0.4, -0.2) is 48.4 Å². The maximum absolute atomic E-state index is 12.1. The van der Waals surface area contributed by atoms with E-state index in [0.29, 0.717) is 6.54 Å². The molecular weight excluding hydrogens is 290 g/mol. The van der Waals surface area contributed by atoms with E-state index in [2.05, 4.69) is 27.7 Å². The zero-order valence-electron chi connectivity index (χ0n) is 14.0. The van der Waals surface area contributed by atoms with E-state index in [1.807, 2.05) is 32.0 Å². The molecule has 5 heteroatoms. The van der Waals surface area contributed by atoms with Crippen LogP contribution in [0.25, 0.3) is 0 Å². The number of aryl methyl sites for hydroxylation is 1. The normalized spacial score (nSPS) is 18.7. The van der Waals surface area contributed by atoms with Crippen LogP contribution in [0.2, 0.25) is 0 Å². The molecule has 1 aromatic carbocycles. The molecule has 1 saturated heterocycles. The van der Waals surface area contributed by atoms with Gasteiger partial charge in [0.2, 0.25) is 11.8 Å². The summed E-state index contributed by atoms with van der Waals surface area (Å²) in [6, 6.07) is 10.1. The molecule has 2 amide bonds. The first-order valence-corrected chi connectivity index (χ1v) is 8.41. The van der Waals surface area contributed by atoms with E-state index < -0.39 is 0 Å². The Bertz CT molecular complexity index is 516. The molecule has 1 heterocycles. The number of benzene rings is 1. The summed E-state index contributed by atoms with van der Waals surface area (Å²) >= 11 is 0. The SMILES string of the molecule is CC(C)NC(=O)C[C@H]1C(=O)NCCN1CCCc1ccccc1. The molecule has 1 aliphatic rings. The smallest absolute Gasteiger partial charge is 0.237 e. The second-order valence-corrected chi connectivity index (χ2v) is 6.36. The monoisotopic (exact) mass is 317 g/mol. The van der Waals surface area contributed by atoms with E-state index in [1.54, 1.807) is 0 Å². The van der Waals surface area contributed by atoms with Crippen molar-refractivity contribution in [3.63, 3.8) is 0 Å². The molecule has 0 aliphatic carbocycles. The van der Waals surface area contributed by atoms with Crippen LogP contribution in [0.1, 0.15) is 32.3 Å². The summed E-state index contributed by atoms with van der Waals surface area (Å²) in [5, 5.41) is 5.74. The molecule has 23 heavy (non-hydrogen) atoms. The van der Waals surface area contributed by atoms with Gasteiger partial charge < -0.3 is 10.6 Å². The fourth-order valence-electron chi connectivity index (χ4n) is 2.94. The van der Waals surface area contributed by atoms with Crippen LogP contribution < -0.4 is 10.6 Å². The molecule has 1 aromatic rings. The van der Waals surface area contributed by atoms with E-state index >= 15 is 0 Å². The molecule has 126 valence electrons. The number of nitrogens with one attached hydrogen (secondary N) is 2. The van der Waals surface area contributed by atoms with Gasteiger partial charge >= 0.3 is 0 Å². The lowest BCUT2D eigenvalue weighted by atomic mass is 10.1. The maximum Gasteiger partial charge on any atom is 0.237 e. The van der Waals surface area contributed by atoms with Crippen LogP contribution in [-0.2, 0) is 16.0 Å². The number of rotatable bonds is 7. The molecule has 0 spiro atoms. The Morgan fingerprint density at radius 2 is 2.09 bits per heavy atom. The Hall–Kier alpha value is -1.88. The van der Waals surface area contributed by atoms with Crippen LogP contribution in [0, 0.1) is 0 Å². The first-order chi connectivity index (χ1) is 11.1. The van der Waals surface area contributed by atoms with Crippen LogP contribution in [0.5, 0.6) is 0 Å². The molecule has 0 aromatic heterocycles. The van der Waals surface area contributed by atoms with Gasteiger partial charge in [-0.3, -0.25) is 14.5 Å². The standard InChI is InChI=1S/C18H27N3O2/c1-14(2)20-17(22)13-16-18(23)19-10-12-21(16)11-6-9-15-7-4-3-5-8-15/h3-5,7-8,14,16H,6,9-13H2,1-2H3,(H,19,23)(H,20,22)/t16-/m0/s1. The Kier molecular flexibility index (Phi) is 6.59.